The number of aromatic nitrogens is 4. The quantitative estimate of drug-likeness (QED) is 0.649. The van der Waals surface area contributed by atoms with Gasteiger partial charge in [0.15, 0.2) is 0 Å². The summed E-state index contributed by atoms with van der Waals surface area (Å²) >= 11 is 0. The van der Waals surface area contributed by atoms with Crippen molar-refractivity contribution in [3.8, 4) is 11.3 Å². The maximum atomic E-state index is 4.32. The van der Waals surface area contributed by atoms with Crippen LogP contribution in [0.1, 0.15) is 0 Å². The average Bonchev–Trinajstić information content (AvgIpc) is 2.88. The summed E-state index contributed by atoms with van der Waals surface area (Å²) in [6.45, 7) is 0. The van der Waals surface area contributed by atoms with Crippen LogP contribution >= 0.6 is 0 Å². The van der Waals surface area contributed by atoms with Gasteiger partial charge in [0.05, 0.1) is 35.6 Å². The lowest BCUT2D eigenvalue weighted by Crippen LogP contribution is -1.83. The molecule has 1 aromatic carbocycles. The van der Waals surface area contributed by atoms with Crippen molar-refractivity contribution in [1.82, 2.24) is 19.5 Å². The second kappa shape index (κ2) is 2.95. The van der Waals surface area contributed by atoms with Gasteiger partial charge in [-0.2, -0.15) is 0 Å². The van der Waals surface area contributed by atoms with E-state index in [1.807, 2.05) is 24.1 Å². The minimum atomic E-state index is 1.00. The molecule has 0 aliphatic rings. The van der Waals surface area contributed by atoms with Crippen LogP contribution in [0.2, 0.25) is 0 Å². The second-order valence-electron chi connectivity index (χ2n) is 3.52. The Morgan fingerprint density at radius 3 is 3.07 bits per heavy atom. The zero-order valence-corrected chi connectivity index (χ0v) is 8.31. The minimum Gasteiger partial charge on any atom is -0.345 e. The van der Waals surface area contributed by atoms with Crippen molar-refractivity contribution in [2.45, 2.75) is 0 Å². The van der Waals surface area contributed by atoms with Gasteiger partial charge in [0.1, 0.15) is 0 Å². The summed E-state index contributed by atoms with van der Waals surface area (Å²) in [4.78, 5) is 11.4. The number of fused-ring (bicyclic) bond motifs is 1. The first-order chi connectivity index (χ1) is 7.34. The van der Waals surface area contributed by atoms with Crippen molar-refractivity contribution in [2.75, 3.05) is 0 Å². The zero-order valence-electron chi connectivity index (χ0n) is 8.31. The van der Waals surface area contributed by atoms with E-state index in [2.05, 4.69) is 33.2 Å². The third-order valence-corrected chi connectivity index (χ3v) is 2.53. The Kier molecular flexibility index (Phi) is 1.62. The first kappa shape index (κ1) is 8.23. The summed E-state index contributed by atoms with van der Waals surface area (Å²) in [7, 11) is 1.99. The molecule has 0 fully saturated rings. The van der Waals surface area contributed by atoms with Crippen molar-refractivity contribution in [2.24, 2.45) is 7.05 Å². The van der Waals surface area contributed by atoms with E-state index in [0.29, 0.717) is 0 Å². The van der Waals surface area contributed by atoms with E-state index < -0.39 is 0 Å². The third kappa shape index (κ3) is 1.22. The zero-order chi connectivity index (χ0) is 10.3. The van der Waals surface area contributed by atoms with Gasteiger partial charge in [0, 0.05) is 12.6 Å². The fourth-order valence-corrected chi connectivity index (χ4v) is 1.72. The van der Waals surface area contributed by atoms with Crippen LogP contribution in [-0.4, -0.2) is 19.5 Å². The van der Waals surface area contributed by atoms with Crippen LogP contribution in [0.4, 0.5) is 0 Å². The highest BCUT2D eigenvalue weighted by atomic mass is 15.0. The molecule has 15 heavy (non-hydrogen) atoms. The van der Waals surface area contributed by atoms with Crippen LogP contribution in [0, 0.1) is 0 Å². The molecule has 3 aromatic rings. The Balaban J connectivity index is 2.23. The molecule has 2 heterocycles. The maximum Gasteiger partial charge on any atom is 0.0955 e. The van der Waals surface area contributed by atoms with E-state index in [-0.39, 0.29) is 0 Å². The second-order valence-corrected chi connectivity index (χ2v) is 3.52. The van der Waals surface area contributed by atoms with Gasteiger partial charge in [-0.15, -0.1) is 0 Å². The number of aryl methyl sites for hydroxylation is 1. The van der Waals surface area contributed by atoms with Crippen LogP contribution in [0.25, 0.3) is 22.3 Å². The molecule has 0 bridgehead atoms. The van der Waals surface area contributed by atoms with Gasteiger partial charge >= 0.3 is 0 Å². The molecule has 4 heteroatoms. The summed E-state index contributed by atoms with van der Waals surface area (Å²) in [6.07, 6.45) is 5.31. The van der Waals surface area contributed by atoms with E-state index in [1.165, 1.54) is 0 Å². The number of hydrogen-bond acceptors (Lipinski definition) is 2. The molecule has 0 saturated carbocycles. The monoisotopic (exact) mass is 198 g/mol. The van der Waals surface area contributed by atoms with Crippen LogP contribution in [0.5, 0.6) is 0 Å². The fraction of sp³-hybridized carbons (Fsp3) is 0.0909. The van der Waals surface area contributed by atoms with Crippen LogP contribution in [0.3, 0.4) is 0 Å². The molecule has 0 aliphatic carbocycles. The molecule has 0 aliphatic heterocycles. The molecule has 2 aromatic heterocycles. The van der Waals surface area contributed by atoms with Gasteiger partial charge in [-0.1, -0.05) is 6.07 Å². The molecular formula is C11H10N4. The Bertz CT molecular complexity index is 592. The number of aromatic amines is 1. The molecule has 0 saturated heterocycles. The van der Waals surface area contributed by atoms with Gasteiger partial charge in [0.2, 0.25) is 0 Å². The number of nitrogens with one attached hydrogen (secondary N) is 1. The van der Waals surface area contributed by atoms with Gasteiger partial charge in [-0.3, -0.25) is 0 Å². The van der Waals surface area contributed by atoms with E-state index in [9.17, 15) is 0 Å². The van der Waals surface area contributed by atoms with E-state index in [0.717, 1.165) is 22.3 Å². The highest BCUT2D eigenvalue weighted by Crippen LogP contribution is 2.21. The molecule has 0 unspecified atom stereocenters. The summed E-state index contributed by atoms with van der Waals surface area (Å²) in [5.41, 5.74) is 4.27. The Morgan fingerprint density at radius 1 is 1.33 bits per heavy atom. The number of imidazole rings is 2. The fourth-order valence-electron chi connectivity index (χ4n) is 1.72. The smallest absolute Gasteiger partial charge is 0.0955 e. The Labute approximate surface area is 86.6 Å². The molecule has 0 radical (unpaired) electrons. The Hall–Kier alpha value is -2.10. The largest absolute Gasteiger partial charge is 0.345 e. The van der Waals surface area contributed by atoms with Crippen molar-refractivity contribution in [1.29, 1.82) is 0 Å². The van der Waals surface area contributed by atoms with Crippen molar-refractivity contribution in [3.63, 3.8) is 0 Å². The summed E-state index contributed by atoms with van der Waals surface area (Å²) < 4.78 is 2.01. The van der Waals surface area contributed by atoms with Crippen LogP contribution < -0.4 is 0 Å². The number of hydrogen-bond donors (Lipinski definition) is 1. The predicted molar refractivity (Wildman–Crippen MR) is 58.3 cm³/mol. The molecule has 0 amide bonds. The summed E-state index contributed by atoms with van der Waals surface area (Å²) in [5.74, 6) is 0. The summed E-state index contributed by atoms with van der Waals surface area (Å²) in [6, 6.07) is 6.19. The minimum absolute atomic E-state index is 1.00. The van der Waals surface area contributed by atoms with E-state index >= 15 is 0 Å². The lowest BCUT2D eigenvalue weighted by atomic mass is 10.1. The highest BCUT2D eigenvalue weighted by Gasteiger charge is 2.03. The number of nitrogens with zero attached hydrogens (tertiary/aromatic N) is 3. The lowest BCUT2D eigenvalue weighted by Gasteiger charge is -1.98. The van der Waals surface area contributed by atoms with Crippen molar-refractivity contribution >= 4 is 11.0 Å². The molecule has 1 N–H and O–H groups in total. The normalized spacial score (nSPS) is 11.0. The Morgan fingerprint density at radius 2 is 2.27 bits per heavy atom. The number of H-pyrrole nitrogens is 1. The van der Waals surface area contributed by atoms with Crippen molar-refractivity contribution < 1.29 is 0 Å². The molecule has 74 valence electrons. The third-order valence-electron chi connectivity index (χ3n) is 2.53. The first-order valence-electron chi connectivity index (χ1n) is 4.74. The van der Waals surface area contributed by atoms with E-state index in [1.54, 1.807) is 6.33 Å². The molecule has 0 atom stereocenters. The van der Waals surface area contributed by atoms with E-state index in [4.69, 9.17) is 0 Å². The van der Waals surface area contributed by atoms with Gasteiger partial charge < -0.3 is 9.55 Å². The van der Waals surface area contributed by atoms with Gasteiger partial charge in [0.25, 0.3) is 0 Å². The number of rotatable bonds is 1. The predicted octanol–water partition coefficient (Wildman–Crippen LogP) is 1.96. The lowest BCUT2D eigenvalue weighted by molar-refractivity contribution is 0.948. The van der Waals surface area contributed by atoms with Gasteiger partial charge in [-0.05, 0) is 12.1 Å². The molecular weight excluding hydrogens is 188 g/mol. The molecule has 0 spiro atoms. The standard InChI is InChI=1S/C11H10N4/c1-15-7-14-9-4-8(2-3-11(9)15)10-5-12-6-13-10/h2-7H,1H3,(H,12,13). The highest BCUT2D eigenvalue weighted by molar-refractivity contribution is 5.81. The maximum absolute atomic E-state index is 4.32. The first-order valence-corrected chi connectivity index (χ1v) is 4.74. The topological polar surface area (TPSA) is 46.5 Å². The molecule has 4 nitrogen and oxygen atoms in total. The van der Waals surface area contributed by atoms with Gasteiger partial charge in [-0.25, -0.2) is 9.97 Å². The number of benzene rings is 1. The molecule has 3 rings (SSSR count). The SMILES string of the molecule is Cn1cnc2cc(-c3cnc[nH]3)ccc21. The summed E-state index contributed by atoms with van der Waals surface area (Å²) in [5, 5.41) is 0. The van der Waals surface area contributed by atoms with Crippen molar-refractivity contribution in [3.05, 3.63) is 37.1 Å². The van der Waals surface area contributed by atoms with Crippen LogP contribution in [0.15, 0.2) is 37.1 Å². The van der Waals surface area contributed by atoms with Crippen LogP contribution in [-0.2, 0) is 7.05 Å². The average molecular weight is 198 g/mol.